The summed E-state index contributed by atoms with van der Waals surface area (Å²) in [6.45, 7) is 4.99. The Hall–Kier alpha value is -2.02. The van der Waals surface area contributed by atoms with Crippen molar-refractivity contribution >= 4 is 0 Å². The summed E-state index contributed by atoms with van der Waals surface area (Å²) in [5, 5.41) is 13.0. The molecule has 0 spiro atoms. The Kier molecular flexibility index (Phi) is 6.73. The molecule has 1 saturated heterocycles. The molecule has 2 aromatic rings. The van der Waals surface area contributed by atoms with Crippen molar-refractivity contribution in [3.8, 4) is 11.6 Å². The predicted octanol–water partition coefficient (Wildman–Crippen LogP) is 2.21. The van der Waals surface area contributed by atoms with Crippen LogP contribution in [0.4, 0.5) is 0 Å². The fraction of sp³-hybridized carbons (Fsp3) is 0.474. The number of hydrogen-bond acceptors (Lipinski definition) is 6. The minimum absolute atomic E-state index is 0.0877. The van der Waals surface area contributed by atoms with Gasteiger partial charge in [0.2, 0.25) is 5.88 Å². The van der Waals surface area contributed by atoms with Crippen molar-refractivity contribution in [2.45, 2.75) is 31.9 Å². The molecule has 0 atom stereocenters. The summed E-state index contributed by atoms with van der Waals surface area (Å²) >= 11 is 0. The Bertz CT molecular complexity index is 613. The average Bonchev–Trinajstić information content (AvgIpc) is 2.65. The van der Waals surface area contributed by atoms with Gasteiger partial charge in [-0.25, -0.2) is 4.98 Å². The van der Waals surface area contributed by atoms with E-state index in [2.05, 4.69) is 32.3 Å². The van der Waals surface area contributed by atoms with Gasteiger partial charge in [-0.3, -0.25) is 4.98 Å². The number of likely N-dealkylation sites (tertiary alicyclic amines) is 1. The topological polar surface area (TPSA) is 70.5 Å². The van der Waals surface area contributed by atoms with E-state index in [-0.39, 0.29) is 6.10 Å². The molecule has 6 nitrogen and oxygen atoms in total. The number of aliphatic hydroxyl groups excluding tert-OH is 1. The zero-order valence-electron chi connectivity index (χ0n) is 14.5. The lowest BCUT2D eigenvalue weighted by atomic mass is 10.1. The van der Waals surface area contributed by atoms with Gasteiger partial charge in [0.15, 0.2) is 0 Å². The van der Waals surface area contributed by atoms with Gasteiger partial charge in [0.1, 0.15) is 5.75 Å². The van der Waals surface area contributed by atoms with Crippen molar-refractivity contribution in [1.29, 1.82) is 0 Å². The number of aliphatic hydroxyl groups is 1. The fourth-order valence-electron chi connectivity index (χ4n) is 2.94. The van der Waals surface area contributed by atoms with Gasteiger partial charge in [0, 0.05) is 32.0 Å². The second-order valence-electron chi connectivity index (χ2n) is 6.39. The number of hydrogen-bond donors (Lipinski definition) is 2. The molecule has 0 unspecified atom stereocenters. The molecule has 1 aromatic heterocycles. The summed E-state index contributed by atoms with van der Waals surface area (Å²) < 4.78 is 5.63. The number of benzene rings is 1. The van der Waals surface area contributed by atoms with Gasteiger partial charge >= 0.3 is 0 Å². The summed E-state index contributed by atoms with van der Waals surface area (Å²) in [6.07, 6.45) is 7.70. The number of nitrogens with one attached hydrogen (secondary N) is 1. The highest BCUT2D eigenvalue weighted by Crippen LogP contribution is 2.18. The summed E-state index contributed by atoms with van der Waals surface area (Å²) in [7, 11) is 0. The Labute approximate surface area is 148 Å². The molecule has 1 fully saturated rings. The second-order valence-corrected chi connectivity index (χ2v) is 6.39. The van der Waals surface area contributed by atoms with E-state index in [0.717, 1.165) is 57.7 Å². The van der Waals surface area contributed by atoms with Crippen molar-refractivity contribution < 1.29 is 9.84 Å². The molecule has 3 rings (SSSR count). The first-order valence-corrected chi connectivity index (χ1v) is 8.93. The van der Waals surface area contributed by atoms with Crippen LogP contribution in [0.5, 0.6) is 11.6 Å². The maximum Gasteiger partial charge on any atom is 0.237 e. The maximum absolute atomic E-state index is 9.51. The molecular formula is C19H26N4O2. The lowest BCUT2D eigenvalue weighted by Crippen LogP contribution is -2.37. The van der Waals surface area contributed by atoms with E-state index in [1.807, 2.05) is 12.1 Å². The molecule has 134 valence electrons. The van der Waals surface area contributed by atoms with Crippen LogP contribution in [0.25, 0.3) is 0 Å². The number of piperidine rings is 1. The van der Waals surface area contributed by atoms with E-state index in [0.29, 0.717) is 5.88 Å². The molecule has 2 N–H and O–H groups in total. The Morgan fingerprint density at radius 1 is 1.16 bits per heavy atom. The third-order valence-corrected chi connectivity index (χ3v) is 4.40. The molecule has 0 bridgehead atoms. The van der Waals surface area contributed by atoms with Crippen molar-refractivity contribution in [2.24, 2.45) is 0 Å². The third kappa shape index (κ3) is 6.08. The molecule has 6 heteroatoms. The first kappa shape index (κ1) is 17.8. The summed E-state index contributed by atoms with van der Waals surface area (Å²) in [6, 6.07) is 8.02. The Balaban J connectivity index is 1.32. The summed E-state index contributed by atoms with van der Waals surface area (Å²) in [4.78, 5) is 10.5. The predicted molar refractivity (Wildman–Crippen MR) is 96.6 cm³/mol. The fourth-order valence-corrected chi connectivity index (χ4v) is 2.94. The van der Waals surface area contributed by atoms with Crippen molar-refractivity contribution in [1.82, 2.24) is 20.2 Å². The molecule has 0 aliphatic carbocycles. The molecule has 0 radical (unpaired) electrons. The van der Waals surface area contributed by atoms with Gasteiger partial charge in [-0.2, -0.15) is 0 Å². The highest BCUT2D eigenvalue weighted by atomic mass is 16.5. The van der Waals surface area contributed by atoms with Crippen LogP contribution in [-0.4, -0.2) is 52.3 Å². The van der Waals surface area contributed by atoms with Crippen molar-refractivity contribution in [3.63, 3.8) is 0 Å². The summed E-state index contributed by atoms with van der Waals surface area (Å²) in [5.41, 5.74) is 1.23. The van der Waals surface area contributed by atoms with E-state index in [1.54, 1.807) is 18.6 Å². The van der Waals surface area contributed by atoms with Crippen LogP contribution in [0, 0.1) is 0 Å². The SMILES string of the molecule is OC1CCN(CCCNCc2ccc(Oc3cnccn3)cc2)CC1. The third-order valence-electron chi connectivity index (χ3n) is 4.40. The quantitative estimate of drug-likeness (QED) is 0.717. The first-order valence-electron chi connectivity index (χ1n) is 8.93. The lowest BCUT2D eigenvalue weighted by molar-refractivity contribution is 0.0821. The zero-order chi connectivity index (χ0) is 17.3. The molecule has 1 aromatic carbocycles. The van der Waals surface area contributed by atoms with Gasteiger partial charge in [-0.15, -0.1) is 0 Å². The number of rotatable bonds is 8. The minimum Gasteiger partial charge on any atom is -0.438 e. The van der Waals surface area contributed by atoms with E-state index in [4.69, 9.17) is 4.74 Å². The molecule has 0 saturated carbocycles. The van der Waals surface area contributed by atoms with Gasteiger partial charge in [-0.1, -0.05) is 12.1 Å². The van der Waals surface area contributed by atoms with Gasteiger partial charge in [0.05, 0.1) is 12.3 Å². The van der Waals surface area contributed by atoms with Gasteiger partial charge in [-0.05, 0) is 50.0 Å². The van der Waals surface area contributed by atoms with Crippen molar-refractivity contribution in [3.05, 3.63) is 48.4 Å². The summed E-state index contributed by atoms with van der Waals surface area (Å²) in [5.74, 6) is 1.26. The highest BCUT2D eigenvalue weighted by molar-refractivity contribution is 5.29. The van der Waals surface area contributed by atoms with Crippen molar-refractivity contribution in [2.75, 3.05) is 26.2 Å². The largest absolute Gasteiger partial charge is 0.438 e. The zero-order valence-corrected chi connectivity index (χ0v) is 14.5. The number of ether oxygens (including phenoxy) is 1. The molecule has 1 aliphatic heterocycles. The maximum atomic E-state index is 9.51. The lowest BCUT2D eigenvalue weighted by Gasteiger charge is -2.29. The van der Waals surface area contributed by atoms with Crippen LogP contribution in [-0.2, 0) is 6.54 Å². The molecule has 2 heterocycles. The molecule has 25 heavy (non-hydrogen) atoms. The molecule has 1 aliphatic rings. The normalized spacial score (nSPS) is 16.0. The number of aromatic nitrogens is 2. The highest BCUT2D eigenvalue weighted by Gasteiger charge is 2.15. The Morgan fingerprint density at radius 3 is 2.68 bits per heavy atom. The van der Waals surface area contributed by atoms with E-state index in [1.165, 1.54) is 5.56 Å². The van der Waals surface area contributed by atoms with Gasteiger partial charge in [0.25, 0.3) is 0 Å². The molecule has 0 amide bonds. The smallest absolute Gasteiger partial charge is 0.237 e. The van der Waals surface area contributed by atoms with Crippen LogP contribution in [0.3, 0.4) is 0 Å². The number of nitrogens with zero attached hydrogens (tertiary/aromatic N) is 3. The van der Waals surface area contributed by atoms with Crippen LogP contribution >= 0.6 is 0 Å². The monoisotopic (exact) mass is 342 g/mol. The Morgan fingerprint density at radius 2 is 1.96 bits per heavy atom. The van der Waals surface area contributed by atoms with Crippen LogP contribution in [0.15, 0.2) is 42.9 Å². The van der Waals surface area contributed by atoms with Gasteiger partial charge < -0.3 is 20.1 Å². The second kappa shape index (κ2) is 9.46. The first-order chi connectivity index (χ1) is 12.3. The van der Waals surface area contributed by atoms with Crippen LogP contribution in [0.1, 0.15) is 24.8 Å². The minimum atomic E-state index is -0.0877. The standard InChI is InChI=1S/C19H26N4O2/c24-17-6-12-23(13-7-17)11-1-8-20-14-16-2-4-18(5-3-16)25-19-15-21-9-10-22-19/h2-5,9-10,15,17,20,24H,1,6-8,11-14H2. The van der Waals surface area contributed by atoms with Crippen LogP contribution in [0.2, 0.25) is 0 Å². The van der Waals surface area contributed by atoms with E-state index >= 15 is 0 Å². The van der Waals surface area contributed by atoms with Crippen LogP contribution < -0.4 is 10.1 Å². The molecular weight excluding hydrogens is 316 g/mol. The van der Waals surface area contributed by atoms with E-state index < -0.39 is 0 Å². The average molecular weight is 342 g/mol. The van der Waals surface area contributed by atoms with E-state index in [9.17, 15) is 5.11 Å².